The third-order valence-corrected chi connectivity index (χ3v) is 3.83. The Bertz CT molecular complexity index is 765. The molecule has 0 aliphatic carbocycles. The molecule has 1 aromatic carbocycles. The van der Waals surface area contributed by atoms with Gasteiger partial charge in [0.15, 0.2) is 0 Å². The number of hydrogen-bond acceptors (Lipinski definition) is 3. The molecule has 0 saturated heterocycles. The Morgan fingerprint density at radius 1 is 1.23 bits per heavy atom. The van der Waals surface area contributed by atoms with Crippen LogP contribution in [0.5, 0.6) is 0 Å². The molecule has 2 rings (SSSR count). The van der Waals surface area contributed by atoms with Crippen LogP contribution < -0.4 is 21.9 Å². The number of carbonyl (C=O) groups excluding carboxylic acids is 1. The molecular weight excluding hydrogens is 316 g/mol. The van der Waals surface area contributed by atoms with E-state index in [4.69, 9.17) is 5.73 Å². The van der Waals surface area contributed by atoms with Crippen LogP contribution in [0.15, 0.2) is 29.1 Å². The lowest BCUT2D eigenvalue weighted by Crippen LogP contribution is -2.31. The first-order chi connectivity index (χ1) is 10.3. The lowest BCUT2D eigenvalue weighted by Gasteiger charge is -2.15. The third kappa shape index (κ3) is 3.79. The van der Waals surface area contributed by atoms with E-state index in [2.05, 4.69) is 23.6 Å². The van der Waals surface area contributed by atoms with E-state index in [1.807, 2.05) is 32.0 Å². The fourth-order valence-corrected chi connectivity index (χ4v) is 3.19. The maximum Gasteiger partial charge on any atom is 0.267 e. The van der Waals surface area contributed by atoms with Gasteiger partial charge in [-0.1, -0.05) is 13.8 Å². The largest absolute Gasteiger partial charge is 0.368 e. The first kappa shape index (κ1) is 16.8. The Labute approximate surface area is 133 Å². The Hall–Kier alpha value is -1.57. The standard InChI is InChI=1S/C15H19N3O2P2/c1-8(2)15-12(9-3-10(21)5-11(22)4-9)6-14(20)18(17-15)7-13(16)19/h3-6,8H,7,21-22H2,1-2H3,(H2,16,19). The predicted molar refractivity (Wildman–Crippen MR) is 95.9 cm³/mol. The van der Waals surface area contributed by atoms with E-state index in [1.54, 1.807) is 0 Å². The van der Waals surface area contributed by atoms with Gasteiger partial charge < -0.3 is 5.73 Å². The smallest absolute Gasteiger partial charge is 0.267 e. The second-order valence-corrected chi connectivity index (χ2v) is 6.78. The van der Waals surface area contributed by atoms with Gasteiger partial charge in [0.05, 0.1) is 5.69 Å². The van der Waals surface area contributed by atoms with E-state index < -0.39 is 5.91 Å². The van der Waals surface area contributed by atoms with Gasteiger partial charge in [-0.05, 0) is 40.3 Å². The van der Waals surface area contributed by atoms with E-state index in [1.165, 1.54) is 6.07 Å². The van der Waals surface area contributed by atoms with Crippen LogP contribution in [0.3, 0.4) is 0 Å². The lowest BCUT2D eigenvalue weighted by atomic mass is 9.98. The third-order valence-electron chi connectivity index (χ3n) is 3.17. The first-order valence-corrected chi connectivity index (χ1v) is 8.00. The summed E-state index contributed by atoms with van der Waals surface area (Å²) in [6.45, 7) is 3.78. The average Bonchev–Trinajstić information content (AvgIpc) is 2.38. The predicted octanol–water partition coefficient (Wildman–Crippen LogP) is 0.520. The highest BCUT2D eigenvalue weighted by Gasteiger charge is 2.15. The molecule has 1 amide bonds. The van der Waals surface area contributed by atoms with Crippen molar-refractivity contribution in [3.8, 4) is 11.1 Å². The zero-order valence-electron chi connectivity index (χ0n) is 12.5. The van der Waals surface area contributed by atoms with Crippen molar-refractivity contribution in [3.63, 3.8) is 0 Å². The molecule has 116 valence electrons. The van der Waals surface area contributed by atoms with E-state index >= 15 is 0 Å². The number of benzene rings is 1. The number of carbonyl (C=O) groups is 1. The molecule has 1 heterocycles. The summed E-state index contributed by atoms with van der Waals surface area (Å²) in [5.41, 5.74) is 7.31. The fraction of sp³-hybridized carbons (Fsp3) is 0.267. The van der Waals surface area contributed by atoms with Crippen molar-refractivity contribution in [3.05, 3.63) is 40.3 Å². The Balaban J connectivity index is 2.67. The molecule has 0 saturated carbocycles. The summed E-state index contributed by atoms with van der Waals surface area (Å²) in [5, 5.41) is 6.39. The molecular formula is C15H19N3O2P2. The SMILES string of the molecule is CC(C)c1nn(CC(N)=O)c(=O)cc1-c1cc(P)cc(P)c1. The van der Waals surface area contributed by atoms with Crippen molar-refractivity contribution in [1.82, 2.24) is 9.78 Å². The number of amides is 1. The van der Waals surface area contributed by atoms with Gasteiger partial charge in [-0.25, -0.2) is 4.68 Å². The topological polar surface area (TPSA) is 78.0 Å². The van der Waals surface area contributed by atoms with Gasteiger partial charge >= 0.3 is 0 Å². The number of rotatable bonds is 4. The van der Waals surface area contributed by atoms with Gasteiger partial charge in [0.25, 0.3) is 5.56 Å². The maximum atomic E-state index is 12.2. The maximum absolute atomic E-state index is 12.2. The van der Waals surface area contributed by atoms with Crippen LogP contribution in [0.25, 0.3) is 11.1 Å². The summed E-state index contributed by atoms with van der Waals surface area (Å²) < 4.78 is 1.12. The molecule has 0 fully saturated rings. The number of nitrogens with zero attached hydrogens (tertiary/aromatic N) is 2. The number of hydrogen-bond donors (Lipinski definition) is 1. The second-order valence-electron chi connectivity index (χ2n) is 5.45. The van der Waals surface area contributed by atoms with Gasteiger partial charge in [-0.3, -0.25) is 9.59 Å². The summed E-state index contributed by atoms with van der Waals surface area (Å²) in [4.78, 5) is 23.2. The Morgan fingerprint density at radius 3 is 2.32 bits per heavy atom. The zero-order chi connectivity index (χ0) is 16.4. The second kappa shape index (κ2) is 6.68. The molecule has 0 aliphatic rings. The van der Waals surface area contributed by atoms with Crippen molar-refractivity contribution in [2.75, 3.05) is 0 Å². The minimum atomic E-state index is -0.587. The van der Waals surface area contributed by atoms with Crippen LogP contribution in [0, 0.1) is 0 Å². The summed E-state index contributed by atoms with van der Waals surface area (Å²) in [7, 11) is 5.31. The monoisotopic (exact) mass is 335 g/mol. The van der Waals surface area contributed by atoms with E-state index in [9.17, 15) is 9.59 Å². The summed E-state index contributed by atoms with van der Waals surface area (Å²) in [6, 6.07) is 7.50. The van der Waals surface area contributed by atoms with Crippen LogP contribution in [0.1, 0.15) is 25.5 Å². The van der Waals surface area contributed by atoms with Crippen LogP contribution in [0.2, 0.25) is 0 Å². The number of primary amides is 1. The molecule has 2 unspecified atom stereocenters. The Morgan fingerprint density at radius 2 is 1.82 bits per heavy atom. The van der Waals surface area contributed by atoms with Crippen molar-refractivity contribution >= 4 is 35.0 Å². The van der Waals surface area contributed by atoms with Crippen LogP contribution in [-0.2, 0) is 11.3 Å². The number of aromatic nitrogens is 2. The minimum Gasteiger partial charge on any atom is -0.368 e. The van der Waals surface area contributed by atoms with Crippen molar-refractivity contribution < 1.29 is 4.79 Å². The van der Waals surface area contributed by atoms with Gasteiger partial charge in [0.1, 0.15) is 6.54 Å². The van der Waals surface area contributed by atoms with E-state index in [-0.39, 0.29) is 18.0 Å². The minimum absolute atomic E-state index is 0.107. The van der Waals surface area contributed by atoms with Gasteiger partial charge in [-0.2, -0.15) is 5.10 Å². The van der Waals surface area contributed by atoms with Crippen LogP contribution in [0.4, 0.5) is 0 Å². The first-order valence-electron chi connectivity index (χ1n) is 6.84. The molecule has 7 heteroatoms. The quantitative estimate of drug-likeness (QED) is 0.828. The summed E-state index contributed by atoms with van der Waals surface area (Å²) in [5.74, 6) is -0.480. The molecule has 0 bridgehead atoms. The average molecular weight is 335 g/mol. The molecule has 0 spiro atoms. The van der Waals surface area contributed by atoms with Gasteiger partial charge in [0.2, 0.25) is 5.91 Å². The number of nitrogens with two attached hydrogens (primary N) is 1. The normalized spacial score (nSPS) is 11.0. The van der Waals surface area contributed by atoms with Crippen LogP contribution in [-0.4, -0.2) is 15.7 Å². The van der Waals surface area contributed by atoms with E-state index in [0.29, 0.717) is 0 Å². The highest BCUT2D eigenvalue weighted by Crippen LogP contribution is 2.25. The van der Waals surface area contributed by atoms with Crippen molar-refractivity contribution in [2.24, 2.45) is 5.73 Å². The molecule has 1 aromatic heterocycles. The fourth-order valence-electron chi connectivity index (χ4n) is 2.26. The van der Waals surface area contributed by atoms with E-state index in [0.717, 1.165) is 32.1 Å². The molecule has 22 heavy (non-hydrogen) atoms. The molecule has 2 atom stereocenters. The van der Waals surface area contributed by atoms with Gasteiger partial charge in [0, 0.05) is 11.6 Å². The zero-order valence-corrected chi connectivity index (χ0v) is 14.8. The van der Waals surface area contributed by atoms with Crippen molar-refractivity contribution in [1.29, 1.82) is 0 Å². The highest BCUT2D eigenvalue weighted by molar-refractivity contribution is 7.29. The molecule has 0 radical (unpaired) electrons. The van der Waals surface area contributed by atoms with Gasteiger partial charge in [-0.15, -0.1) is 18.5 Å². The van der Waals surface area contributed by atoms with Crippen LogP contribution >= 0.6 is 18.5 Å². The van der Waals surface area contributed by atoms with Crippen molar-refractivity contribution in [2.45, 2.75) is 26.3 Å². The molecule has 5 nitrogen and oxygen atoms in total. The Kier molecular flexibility index (Phi) is 5.10. The summed E-state index contributed by atoms with van der Waals surface area (Å²) in [6.07, 6.45) is 0. The molecule has 0 aliphatic heterocycles. The molecule has 2 aromatic rings. The summed E-state index contributed by atoms with van der Waals surface area (Å²) >= 11 is 0. The molecule has 2 N–H and O–H groups in total. The highest BCUT2D eigenvalue weighted by atomic mass is 31.0. The lowest BCUT2D eigenvalue weighted by molar-refractivity contribution is -0.118.